The molecule has 0 heterocycles. The van der Waals surface area contributed by atoms with Crippen molar-refractivity contribution in [3.8, 4) is 0 Å². The summed E-state index contributed by atoms with van der Waals surface area (Å²) in [6.45, 7) is 12.6. The zero-order valence-electron chi connectivity index (χ0n) is 14.6. The normalized spacial score (nSPS) is 26.8. The molecule has 1 aliphatic rings. The number of hydrogen-bond donors (Lipinski definition) is 0. The lowest BCUT2D eigenvalue weighted by atomic mass is 9.83. The summed E-state index contributed by atoms with van der Waals surface area (Å²) in [5, 5.41) is 0. The maximum atomic E-state index is 12.9. The number of rotatable bonds is 3. The van der Waals surface area contributed by atoms with Gasteiger partial charge in [0.05, 0.1) is 0 Å². The molecule has 0 amide bonds. The molecule has 1 aliphatic carbocycles. The molecule has 21 heavy (non-hydrogen) atoms. The molecule has 0 aromatic heterocycles. The molecule has 1 unspecified atom stereocenters. The van der Waals surface area contributed by atoms with E-state index in [-0.39, 0.29) is 5.78 Å². The highest BCUT2D eigenvalue weighted by molar-refractivity contribution is 6.70. The van der Waals surface area contributed by atoms with Crippen molar-refractivity contribution >= 4 is 14.1 Å². The van der Waals surface area contributed by atoms with Gasteiger partial charge in [-0.3, -0.25) is 4.79 Å². The van der Waals surface area contributed by atoms with Gasteiger partial charge in [0.2, 0.25) is 0 Å². The Hall–Kier alpha value is -0.413. The van der Waals surface area contributed by atoms with E-state index in [1.165, 1.54) is 38.5 Å². The van der Waals surface area contributed by atoms with Crippen molar-refractivity contribution in [2.45, 2.75) is 96.4 Å². The van der Waals surface area contributed by atoms with Crippen molar-refractivity contribution in [3.63, 3.8) is 0 Å². The highest BCUT2D eigenvalue weighted by atomic mass is 28.4. The van der Waals surface area contributed by atoms with Gasteiger partial charge < -0.3 is 4.43 Å². The lowest BCUT2D eigenvalue weighted by molar-refractivity contribution is -0.133. The van der Waals surface area contributed by atoms with Crippen LogP contribution in [-0.4, -0.2) is 19.7 Å². The summed E-state index contributed by atoms with van der Waals surface area (Å²) in [5.41, 5.74) is 0.205. The molecular formula is C18H34O2Si. The average Bonchev–Trinajstić information content (AvgIpc) is 2.35. The van der Waals surface area contributed by atoms with Crippen LogP contribution in [0.2, 0.25) is 19.6 Å². The Morgan fingerprint density at radius 2 is 1.48 bits per heavy atom. The minimum atomic E-state index is -1.79. The molecule has 0 N–H and O–H groups in total. The summed E-state index contributed by atoms with van der Waals surface area (Å²) < 4.78 is 6.43. The number of hydrogen-bond acceptors (Lipinski definition) is 2. The van der Waals surface area contributed by atoms with Crippen LogP contribution >= 0.6 is 0 Å². The van der Waals surface area contributed by atoms with Crippen molar-refractivity contribution in [1.82, 2.24) is 0 Å². The van der Waals surface area contributed by atoms with E-state index in [2.05, 4.69) is 26.2 Å². The van der Waals surface area contributed by atoms with Crippen LogP contribution in [-0.2, 0) is 9.22 Å². The Kier molecular flexibility index (Phi) is 7.35. The summed E-state index contributed by atoms with van der Waals surface area (Å²) in [6, 6.07) is 0. The largest absolute Gasteiger partial charge is 0.402 e. The fraction of sp³-hybridized carbons (Fsp3) is 0.833. The van der Waals surface area contributed by atoms with Crippen LogP contribution in [0.15, 0.2) is 12.2 Å². The molecule has 0 radical (unpaired) electrons. The molecule has 122 valence electrons. The van der Waals surface area contributed by atoms with Gasteiger partial charge in [0.15, 0.2) is 14.1 Å². The van der Waals surface area contributed by atoms with Gasteiger partial charge in [-0.15, -0.1) is 0 Å². The quantitative estimate of drug-likeness (QED) is 0.498. The molecule has 0 aliphatic heterocycles. The third kappa shape index (κ3) is 6.07. The Morgan fingerprint density at radius 3 is 1.95 bits per heavy atom. The minimum absolute atomic E-state index is 0.276. The lowest BCUT2D eigenvalue weighted by Gasteiger charge is -2.39. The molecule has 0 aromatic rings. The van der Waals surface area contributed by atoms with Gasteiger partial charge in [0.1, 0.15) is 5.60 Å². The first-order valence-corrected chi connectivity index (χ1v) is 12.1. The van der Waals surface area contributed by atoms with E-state index in [0.29, 0.717) is 6.42 Å². The van der Waals surface area contributed by atoms with Crippen LogP contribution < -0.4 is 0 Å². The van der Waals surface area contributed by atoms with Crippen molar-refractivity contribution in [2.24, 2.45) is 0 Å². The predicted octanol–water partition coefficient (Wildman–Crippen LogP) is 5.64. The lowest BCUT2D eigenvalue weighted by Crippen LogP contribution is -2.49. The average molecular weight is 311 g/mol. The second-order valence-corrected chi connectivity index (χ2v) is 12.0. The Bertz CT molecular complexity index is 357. The van der Waals surface area contributed by atoms with E-state index in [1.807, 2.05) is 6.92 Å². The molecule has 1 rings (SSSR count). The van der Waals surface area contributed by atoms with Gasteiger partial charge in [-0.05, 0) is 51.4 Å². The number of carbonyl (C=O) groups excluding carboxylic acids is 1. The van der Waals surface area contributed by atoms with E-state index in [1.54, 1.807) is 0 Å². The predicted molar refractivity (Wildman–Crippen MR) is 93.2 cm³/mol. The molecule has 1 saturated carbocycles. The minimum Gasteiger partial charge on any atom is -0.402 e. The second kappa shape index (κ2) is 8.28. The summed E-state index contributed by atoms with van der Waals surface area (Å²) in [7, 11) is -1.79. The monoisotopic (exact) mass is 310 g/mol. The maximum Gasteiger partial charge on any atom is 0.185 e. The van der Waals surface area contributed by atoms with Crippen LogP contribution in [0, 0.1) is 0 Å². The van der Waals surface area contributed by atoms with Crippen molar-refractivity contribution in [2.75, 3.05) is 0 Å². The Morgan fingerprint density at radius 1 is 1.00 bits per heavy atom. The van der Waals surface area contributed by atoms with Crippen LogP contribution in [0.3, 0.4) is 0 Å². The summed E-state index contributed by atoms with van der Waals surface area (Å²) in [6.07, 6.45) is 11.1. The number of carbonyl (C=O) groups is 1. The summed E-state index contributed by atoms with van der Waals surface area (Å²) in [4.78, 5) is 12.9. The van der Waals surface area contributed by atoms with Gasteiger partial charge in [-0.25, -0.2) is 0 Å². The molecule has 0 aromatic carbocycles. The number of Topliss-reactive ketones (excluding diaryl/α,β-unsaturated/α-hetero) is 1. The first-order chi connectivity index (χ1) is 9.78. The van der Waals surface area contributed by atoms with E-state index in [9.17, 15) is 4.79 Å². The zero-order chi connectivity index (χ0) is 15.9. The molecule has 2 nitrogen and oxygen atoms in total. The van der Waals surface area contributed by atoms with Crippen LogP contribution in [0.5, 0.6) is 0 Å². The smallest absolute Gasteiger partial charge is 0.185 e. The van der Waals surface area contributed by atoms with Crippen LogP contribution in [0.25, 0.3) is 0 Å². The molecule has 1 fully saturated rings. The highest BCUT2D eigenvalue weighted by Gasteiger charge is 2.42. The SMILES string of the molecule is C=C(C)C1(O[Si](C)(C)C)CCCCCCCCCCC1=O. The van der Waals surface area contributed by atoms with E-state index in [4.69, 9.17) is 4.43 Å². The third-order valence-corrected chi connectivity index (χ3v) is 5.26. The highest BCUT2D eigenvalue weighted by Crippen LogP contribution is 2.34. The topological polar surface area (TPSA) is 26.3 Å². The second-order valence-electron chi connectivity index (χ2n) is 7.57. The first-order valence-electron chi connectivity index (χ1n) is 8.67. The Labute approximate surface area is 132 Å². The van der Waals surface area contributed by atoms with Gasteiger partial charge in [-0.2, -0.15) is 0 Å². The van der Waals surface area contributed by atoms with E-state index in [0.717, 1.165) is 24.8 Å². The number of ketones is 1. The summed E-state index contributed by atoms with van der Waals surface area (Å²) in [5.74, 6) is 0.276. The maximum absolute atomic E-state index is 12.9. The van der Waals surface area contributed by atoms with E-state index >= 15 is 0 Å². The molecular weight excluding hydrogens is 276 g/mol. The van der Waals surface area contributed by atoms with Crippen LogP contribution in [0.1, 0.15) is 71.1 Å². The molecule has 0 saturated heterocycles. The van der Waals surface area contributed by atoms with Gasteiger partial charge >= 0.3 is 0 Å². The standard InChI is InChI=1S/C18H34O2Si/c1-16(2)18(20-21(3,4)5)15-13-11-9-7-6-8-10-12-14-17(18)19/h1,6-15H2,2-5H3. The van der Waals surface area contributed by atoms with Crippen molar-refractivity contribution in [1.29, 1.82) is 0 Å². The van der Waals surface area contributed by atoms with Crippen molar-refractivity contribution < 1.29 is 9.22 Å². The van der Waals surface area contributed by atoms with E-state index < -0.39 is 13.9 Å². The molecule has 3 heteroatoms. The molecule has 0 bridgehead atoms. The molecule has 1 atom stereocenters. The zero-order valence-corrected chi connectivity index (χ0v) is 15.6. The Balaban J connectivity index is 2.93. The van der Waals surface area contributed by atoms with Gasteiger partial charge in [0, 0.05) is 6.42 Å². The fourth-order valence-electron chi connectivity index (χ4n) is 3.23. The van der Waals surface area contributed by atoms with Gasteiger partial charge in [-0.1, -0.05) is 45.1 Å². The summed E-state index contributed by atoms with van der Waals surface area (Å²) >= 11 is 0. The fourth-order valence-corrected chi connectivity index (χ4v) is 4.67. The van der Waals surface area contributed by atoms with Crippen molar-refractivity contribution in [3.05, 3.63) is 12.2 Å². The third-order valence-electron chi connectivity index (χ3n) is 4.30. The van der Waals surface area contributed by atoms with Gasteiger partial charge in [0.25, 0.3) is 0 Å². The molecule has 0 spiro atoms. The van der Waals surface area contributed by atoms with Crippen LogP contribution in [0.4, 0.5) is 0 Å². The first kappa shape index (κ1) is 18.6.